The van der Waals surface area contributed by atoms with Crippen LogP contribution in [-0.2, 0) is 13.0 Å². The molecule has 0 atom stereocenters. The Morgan fingerprint density at radius 3 is 2.69 bits per heavy atom. The molecule has 4 aromatic rings. The zero-order valence-corrected chi connectivity index (χ0v) is 17.1. The number of benzene rings is 1. The average Bonchev–Trinajstić information content (AvgIpc) is 3.36. The topological polar surface area (TPSA) is 71.8 Å². The molecule has 4 heterocycles. The van der Waals surface area contributed by atoms with Gasteiger partial charge in [0.1, 0.15) is 11.6 Å². The molecule has 1 N–H and O–H groups in total. The predicted molar refractivity (Wildman–Crippen MR) is 115 cm³/mol. The number of fused-ring (bicyclic) bond motifs is 1. The molecular formula is C21H21N7S. The van der Waals surface area contributed by atoms with Gasteiger partial charge in [-0.2, -0.15) is 15.1 Å². The quantitative estimate of drug-likeness (QED) is 0.554. The van der Waals surface area contributed by atoms with E-state index in [0.717, 1.165) is 41.8 Å². The number of rotatable bonds is 4. The van der Waals surface area contributed by atoms with Gasteiger partial charge in [0.2, 0.25) is 0 Å². The third-order valence-corrected chi connectivity index (χ3v) is 5.71. The molecule has 0 unspecified atom stereocenters. The summed E-state index contributed by atoms with van der Waals surface area (Å²) in [7, 11) is 0. The fraction of sp³-hybridized carbons (Fsp3) is 0.238. The first-order chi connectivity index (χ1) is 14.2. The van der Waals surface area contributed by atoms with Crippen LogP contribution in [0.3, 0.4) is 0 Å². The van der Waals surface area contributed by atoms with Crippen LogP contribution in [0.1, 0.15) is 22.5 Å². The first kappa shape index (κ1) is 17.8. The summed E-state index contributed by atoms with van der Waals surface area (Å²) in [5, 5.41) is 10.6. The van der Waals surface area contributed by atoms with Crippen LogP contribution in [0.5, 0.6) is 0 Å². The summed E-state index contributed by atoms with van der Waals surface area (Å²) in [6.45, 7) is 5.74. The van der Waals surface area contributed by atoms with E-state index in [-0.39, 0.29) is 0 Å². The maximum absolute atomic E-state index is 4.86. The Labute approximate surface area is 173 Å². The van der Waals surface area contributed by atoms with Crippen LogP contribution in [-0.4, -0.2) is 31.3 Å². The van der Waals surface area contributed by atoms with Crippen LogP contribution < -0.4 is 10.2 Å². The minimum atomic E-state index is 0.561. The van der Waals surface area contributed by atoms with Crippen LogP contribution in [0.25, 0.3) is 5.95 Å². The molecule has 0 bridgehead atoms. The molecule has 0 saturated heterocycles. The van der Waals surface area contributed by atoms with Gasteiger partial charge in [-0.3, -0.25) is 0 Å². The zero-order valence-electron chi connectivity index (χ0n) is 16.3. The van der Waals surface area contributed by atoms with E-state index in [1.165, 1.54) is 11.1 Å². The lowest BCUT2D eigenvalue weighted by Gasteiger charge is -2.30. The van der Waals surface area contributed by atoms with Crippen molar-refractivity contribution in [1.29, 1.82) is 0 Å². The largest absolute Gasteiger partial charge is 0.352 e. The van der Waals surface area contributed by atoms with Crippen LogP contribution >= 0.6 is 11.3 Å². The van der Waals surface area contributed by atoms with Gasteiger partial charge in [0, 0.05) is 36.4 Å². The molecule has 0 fully saturated rings. The highest BCUT2D eigenvalue weighted by Crippen LogP contribution is 2.27. The molecule has 29 heavy (non-hydrogen) atoms. The van der Waals surface area contributed by atoms with Gasteiger partial charge in [-0.05, 0) is 37.5 Å². The molecule has 0 amide bonds. The third kappa shape index (κ3) is 3.58. The molecular weight excluding hydrogens is 382 g/mol. The molecule has 0 radical (unpaired) electrons. The Bertz CT molecular complexity index is 1150. The van der Waals surface area contributed by atoms with Crippen molar-refractivity contribution in [2.75, 3.05) is 16.8 Å². The smallest absolute Gasteiger partial charge is 0.254 e. The Kier molecular flexibility index (Phi) is 4.48. The van der Waals surface area contributed by atoms with E-state index in [0.29, 0.717) is 11.8 Å². The summed E-state index contributed by atoms with van der Waals surface area (Å²) in [6, 6.07) is 12.6. The number of aromatic nitrogens is 5. The minimum Gasteiger partial charge on any atom is -0.352 e. The fourth-order valence-electron chi connectivity index (χ4n) is 3.66. The molecule has 146 valence electrons. The molecule has 5 rings (SSSR count). The number of anilines is 3. The molecule has 8 heteroatoms. The summed E-state index contributed by atoms with van der Waals surface area (Å²) in [4.78, 5) is 16.2. The van der Waals surface area contributed by atoms with Crippen LogP contribution in [0.2, 0.25) is 0 Å². The third-order valence-electron chi connectivity index (χ3n) is 5.02. The molecule has 1 aliphatic rings. The molecule has 1 aliphatic heterocycles. The maximum Gasteiger partial charge on any atom is 0.254 e. The van der Waals surface area contributed by atoms with Crippen LogP contribution in [0, 0.1) is 13.8 Å². The lowest BCUT2D eigenvalue weighted by Crippen LogP contribution is -2.31. The minimum absolute atomic E-state index is 0.561. The van der Waals surface area contributed by atoms with Crippen molar-refractivity contribution in [3.05, 3.63) is 70.5 Å². The van der Waals surface area contributed by atoms with Gasteiger partial charge < -0.3 is 10.2 Å². The summed E-state index contributed by atoms with van der Waals surface area (Å²) >= 11 is 1.54. The number of thiazole rings is 1. The van der Waals surface area contributed by atoms with Crippen LogP contribution in [0.15, 0.2) is 48.0 Å². The number of hydrogen-bond donors (Lipinski definition) is 1. The number of nitrogens with one attached hydrogen (secondary N) is 1. The summed E-state index contributed by atoms with van der Waals surface area (Å²) < 4.78 is 1.80. The van der Waals surface area contributed by atoms with Crippen molar-refractivity contribution in [3.8, 4) is 5.95 Å². The van der Waals surface area contributed by atoms with Crippen LogP contribution in [0.4, 0.5) is 16.8 Å². The summed E-state index contributed by atoms with van der Waals surface area (Å²) in [5.41, 5.74) is 4.71. The van der Waals surface area contributed by atoms with E-state index in [1.807, 2.05) is 31.4 Å². The van der Waals surface area contributed by atoms with E-state index < -0.39 is 0 Å². The number of hydrogen-bond acceptors (Lipinski definition) is 7. The molecule has 3 aromatic heterocycles. The van der Waals surface area contributed by atoms with Gasteiger partial charge >= 0.3 is 0 Å². The van der Waals surface area contributed by atoms with E-state index in [4.69, 9.17) is 9.97 Å². The van der Waals surface area contributed by atoms with Crippen molar-refractivity contribution in [3.63, 3.8) is 0 Å². The summed E-state index contributed by atoms with van der Waals surface area (Å²) in [5.74, 6) is 2.16. The van der Waals surface area contributed by atoms with Crippen molar-refractivity contribution >= 4 is 28.1 Å². The van der Waals surface area contributed by atoms with E-state index in [9.17, 15) is 0 Å². The van der Waals surface area contributed by atoms with E-state index in [2.05, 4.69) is 44.6 Å². The SMILES string of the molecule is Cc1cc(C)n(-c2nc(Nc3nccs3)cc(N3CCc4ccccc4C3)n2)n1. The molecule has 0 aliphatic carbocycles. The van der Waals surface area contributed by atoms with E-state index in [1.54, 1.807) is 22.2 Å². The predicted octanol–water partition coefficient (Wildman–Crippen LogP) is 4.04. The van der Waals surface area contributed by atoms with Gasteiger partial charge in [-0.25, -0.2) is 9.67 Å². The van der Waals surface area contributed by atoms with Crippen molar-refractivity contribution in [2.45, 2.75) is 26.8 Å². The van der Waals surface area contributed by atoms with E-state index >= 15 is 0 Å². The lowest BCUT2D eigenvalue weighted by molar-refractivity contribution is 0.708. The van der Waals surface area contributed by atoms with Crippen molar-refractivity contribution in [1.82, 2.24) is 24.7 Å². The Morgan fingerprint density at radius 2 is 1.93 bits per heavy atom. The number of nitrogens with zero attached hydrogens (tertiary/aromatic N) is 6. The first-order valence-electron chi connectivity index (χ1n) is 9.57. The second kappa shape index (κ2) is 7.29. The first-order valence-corrected chi connectivity index (χ1v) is 10.4. The number of aryl methyl sites for hydroxylation is 2. The molecule has 0 saturated carbocycles. The van der Waals surface area contributed by atoms with Gasteiger partial charge in [0.05, 0.1) is 5.69 Å². The Balaban J connectivity index is 1.55. The van der Waals surface area contributed by atoms with Gasteiger partial charge in [0.15, 0.2) is 5.13 Å². The summed E-state index contributed by atoms with van der Waals surface area (Å²) in [6.07, 6.45) is 2.78. The zero-order chi connectivity index (χ0) is 19.8. The Hall–Kier alpha value is -3.26. The second-order valence-electron chi connectivity index (χ2n) is 7.15. The van der Waals surface area contributed by atoms with Crippen molar-refractivity contribution in [2.24, 2.45) is 0 Å². The van der Waals surface area contributed by atoms with Gasteiger partial charge in [-0.15, -0.1) is 11.3 Å². The molecule has 0 spiro atoms. The monoisotopic (exact) mass is 403 g/mol. The standard InChI is InChI=1S/C21H21N7S/c1-14-11-15(2)28(26-14)20-23-18(24-21-22-8-10-29-21)12-19(25-20)27-9-7-16-5-3-4-6-17(16)13-27/h3-6,8,10-12H,7,9,13H2,1-2H3,(H,22,23,24,25). The fourth-order valence-corrected chi connectivity index (χ4v) is 4.20. The maximum atomic E-state index is 4.86. The van der Waals surface area contributed by atoms with Gasteiger partial charge in [0.25, 0.3) is 5.95 Å². The highest BCUT2D eigenvalue weighted by molar-refractivity contribution is 7.13. The average molecular weight is 404 g/mol. The highest BCUT2D eigenvalue weighted by atomic mass is 32.1. The molecule has 7 nitrogen and oxygen atoms in total. The van der Waals surface area contributed by atoms with Gasteiger partial charge in [-0.1, -0.05) is 24.3 Å². The lowest BCUT2D eigenvalue weighted by atomic mass is 10.00. The normalized spacial score (nSPS) is 13.4. The van der Waals surface area contributed by atoms with Crippen molar-refractivity contribution < 1.29 is 0 Å². The highest BCUT2D eigenvalue weighted by Gasteiger charge is 2.20. The molecule has 1 aromatic carbocycles. The second-order valence-corrected chi connectivity index (χ2v) is 8.05. The Morgan fingerprint density at radius 1 is 1.07 bits per heavy atom.